The summed E-state index contributed by atoms with van der Waals surface area (Å²) >= 11 is 0. The van der Waals surface area contributed by atoms with E-state index in [4.69, 9.17) is 4.74 Å². The molecule has 1 aliphatic rings. The summed E-state index contributed by atoms with van der Waals surface area (Å²) in [5, 5.41) is 0. The van der Waals surface area contributed by atoms with E-state index in [1.54, 1.807) is 0 Å². The highest BCUT2D eigenvalue weighted by atomic mass is 16.5. The van der Waals surface area contributed by atoms with E-state index in [1.165, 1.54) is 12.8 Å². The molecule has 0 amide bonds. The Morgan fingerprint density at radius 1 is 1.10 bits per heavy atom. The van der Waals surface area contributed by atoms with Crippen molar-refractivity contribution in [2.45, 2.75) is 80.3 Å². The first-order valence-electron chi connectivity index (χ1n) is 8.46. The van der Waals surface area contributed by atoms with Gasteiger partial charge in [-0.2, -0.15) is 0 Å². The van der Waals surface area contributed by atoms with Crippen molar-refractivity contribution in [3.05, 3.63) is 12.2 Å². The third-order valence-electron chi connectivity index (χ3n) is 5.32. The van der Waals surface area contributed by atoms with Gasteiger partial charge >= 0.3 is 5.97 Å². The molecule has 0 radical (unpaired) electrons. The van der Waals surface area contributed by atoms with Crippen molar-refractivity contribution >= 4 is 5.97 Å². The highest BCUT2D eigenvalue weighted by Gasteiger charge is 2.38. The molecule has 0 bridgehead atoms. The standard InChI is InChI=1S/C19H34O2/c1-8-13-19(7,14(2)3)17(20)21-16-11-9-15(10-12-16)18(4,5)6/h8,13-16H,9-12H2,1-7H3/b13-8-. The molecule has 0 aromatic rings. The summed E-state index contributed by atoms with van der Waals surface area (Å²) in [7, 11) is 0. The van der Waals surface area contributed by atoms with E-state index >= 15 is 0 Å². The highest BCUT2D eigenvalue weighted by Crippen LogP contribution is 2.39. The number of carbonyl (C=O) groups excluding carboxylic acids is 1. The van der Waals surface area contributed by atoms with Crippen LogP contribution in [0.3, 0.4) is 0 Å². The topological polar surface area (TPSA) is 26.3 Å². The predicted octanol–water partition coefficient (Wildman–Crippen LogP) is 5.37. The minimum Gasteiger partial charge on any atom is -0.462 e. The van der Waals surface area contributed by atoms with Crippen LogP contribution < -0.4 is 0 Å². The van der Waals surface area contributed by atoms with Crippen LogP contribution in [-0.4, -0.2) is 12.1 Å². The minimum absolute atomic E-state index is 0.0604. The summed E-state index contributed by atoms with van der Waals surface area (Å²) in [6, 6.07) is 0. The zero-order valence-corrected chi connectivity index (χ0v) is 15.0. The zero-order chi connectivity index (χ0) is 16.3. The van der Waals surface area contributed by atoms with Crippen molar-refractivity contribution < 1.29 is 9.53 Å². The zero-order valence-electron chi connectivity index (χ0n) is 15.0. The Balaban J connectivity index is 2.61. The van der Waals surface area contributed by atoms with Crippen LogP contribution in [0.1, 0.15) is 74.1 Å². The predicted molar refractivity (Wildman–Crippen MR) is 89.1 cm³/mol. The second kappa shape index (κ2) is 6.98. The summed E-state index contributed by atoms with van der Waals surface area (Å²) < 4.78 is 5.84. The average Bonchev–Trinajstić information content (AvgIpc) is 2.38. The summed E-state index contributed by atoms with van der Waals surface area (Å²) in [4.78, 5) is 12.6. The molecular weight excluding hydrogens is 260 g/mol. The molecule has 2 heteroatoms. The molecule has 0 N–H and O–H groups in total. The van der Waals surface area contributed by atoms with Gasteiger partial charge in [0.25, 0.3) is 0 Å². The van der Waals surface area contributed by atoms with Gasteiger partial charge in [0.1, 0.15) is 6.10 Å². The lowest BCUT2D eigenvalue weighted by Crippen LogP contribution is -2.37. The molecule has 0 aromatic heterocycles. The quantitative estimate of drug-likeness (QED) is 0.514. The van der Waals surface area contributed by atoms with E-state index in [-0.39, 0.29) is 18.0 Å². The number of rotatable bonds is 4. The van der Waals surface area contributed by atoms with Gasteiger partial charge in [-0.05, 0) is 56.8 Å². The number of ether oxygens (including phenoxy) is 1. The van der Waals surface area contributed by atoms with Crippen molar-refractivity contribution in [2.24, 2.45) is 22.7 Å². The molecule has 21 heavy (non-hydrogen) atoms. The molecule has 2 nitrogen and oxygen atoms in total. The summed E-state index contributed by atoms with van der Waals surface area (Å²) in [5.41, 5.74) is -0.137. The van der Waals surface area contributed by atoms with Gasteiger partial charge in [-0.15, -0.1) is 0 Å². The van der Waals surface area contributed by atoms with Crippen LogP contribution in [0.2, 0.25) is 0 Å². The van der Waals surface area contributed by atoms with Gasteiger partial charge in [-0.1, -0.05) is 46.8 Å². The SMILES string of the molecule is C/C=C\C(C)(C(=O)OC1CCC(C(C)(C)C)CC1)C(C)C. The summed E-state index contributed by atoms with van der Waals surface area (Å²) in [5.74, 6) is 0.932. The molecule has 0 spiro atoms. The molecule has 0 saturated heterocycles. The Labute approximate surface area is 131 Å². The second-order valence-electron chi connectivity index (χ2n) is 8.18. The number of allylic oxidation sites excluding steroid dienone is 1. The maximum atomic E-state index is 12.6. The summed E-state index contributed by atoms with van der Waals surface area (Å²) in [6.07, 6.45) is 8.42. The highest BCUT2D eigenvalue weighted by molar-refractivity contribution is 5.79. The van der Waals surface area contributed by atoms with E-state index in [1.807, 2.05) is 26.0 Å². The van der Waals surface area contributed by atoms with Crippen molar-refractivity contribution in [2.75, 3.05) is 0 Å². The fraction of sp³-hybridized carbons (Fsp3) is 0.842. The molecule has 0 heterocycles. The maximum absolute atomic E-state index is 12.6. The lowest BCUT2D eigenvalue weighted by atomic mass is 9.72. The Kier molecular flexibility index (Phi) is 6.07. The lowest BCUT2D eigenvalue weighted by molar-refractivity contribution is -0.162. The number of hydrogen-bond donors (Lipinski definition) is 0. The van der Waals surface area contributed by atoms with Gasteiger partial charge in [0.05, 0.1) is 5.41 Å². The van der Waals surface area contributed by atoms with Crippen LogP contribution in [0.25, 0.3) is 0 Å². The van der Waals surface area contributed by atoms with Gasteiger partial charge in [0, 0.05) is 0 Å². The van der Waals surface area contributed by atoms with Gasteiger partial charge < -0.3 is 4.74 Å². The van der Waals surface area contributed by atoms with Crippen LogP contribution in [-0.2, 0) is 9.53 Å². The van der Waals surface area contributed by atoms with E-state index in [0.29, 0.717) is 5.41 Å². The normalized spacial score (nSPS) is 26.9. The van der Waals surface area contributed by atoms with Gasteiger partial charge in [0.15, 0.2) is 0 Å². The maximum Gasteiger partial charge on any atom is 0.316 e. The molecule has 1 unspecified atom stereocenters. The van der Waals surface area contributed by atoms with Crippen LogP contribution in [0.4, 0.5) is 0 Å². The molecule has 1 saturated carbocycles. The Bertz CT molecular complexity index is 368. The molecule has 1 rings (SSSR count). The van der Waals surface area contributed by atoms with E-state index in [2.05, 4.69) is 34.6 Å². The fourth-order valence-electron chi connectivity index (χ4n) is 3.17. The van der Waals surface area contributed by atoms with E-state index < -0.39 is 5.41 Å². The van der Waals surface area contributed by atoms with E-state index in [9.17, 15) is 4.79 Å². The van der Waals surface area contributed by atoms with Crippen LogP contribution in [0, 0.1) is 22.7 Å². The third-order valence-corrected chi connectivity index (χ3v) is 5.32. The lowest BCUT2D eigenvalue weighted by Gasteiger charge is -2.38. The number of carbonyl (C=O) groups is 1. The Morgan fingerprint density at radius 3 is 2.00 bits per heavy atom. The number of hydrogen-bond acceptors (Lipinski definition) is 2. The molecule has 1 aliphatic carbocycles. The van der Waals surface area contributed by atoms with Gasteiger partial charge in [-0.25, -0.2) is 0 Å². The van der Waals surface area contributed by atoms with E-state index in [0.717, 1.165) is 18.8 Å². The first kappa shape index (κ1) is 18.3. The van der Waals surface area contributed by atoms with Gasteiger partial charge in [-0.3, -0.25) is 4.79 Å². The first-order chi connectivity index (χ1) is 9.61. The second-order valence-corrected chi connectivity index (χ2v) is 8.18. The van der Waals surface area contributed by atoms with Crippen LogP contribution >= 0.6 is 0 Å². The van der Waals surface area contributed by atoms with Gasteiger partial charge in [0.2, 0.25) is 0 Å². The van der Waals surface area contributed by atoms with Crippen molar-refractivity contribution in [1.82, 2.24) is 0 Å². The molecule has 122 valence electrons. The molecule has 1 atom stereocenters. The fourth-order valence-corrected chi connectivity index (χ4v) is 3.17. The molecular formula is C19H34O2. The Morgan fingerprint density at radius 2 is 1.62 bits per heavy atom. The van der Waals surface area contributed by atoms with Crippen molar-refractivity contribution in [3.63, 3.8) is 0 Å². The summed E-state index contributed by atoms with van der Waals surface area (Å²) in [6.45, 7) is 15.0. The minimum atomic E-state index is -0.504. The molecule has 1 fully saturated rings. The number of esters is 1. The molecule has 0 aromatic carbocycles. The van der Waals surface area contributed by atoms with Crippen LogP contribution in [0.15, 0.2) is 12.2 Å². The smallest absolute Gasteiger partial charge is 0.316 e. The Hall–Kier alpha value is -0.790. The average molecular weight is 294 g/mol. The van der Waals surface area contributed by atoms with Crippen molar-refractivity contribution in [1.29, 1.82) is 0 Å². The monoisotopic (exact) mass is 294 g/mol. The third kappa shape index (κ3) is 4.59. The van der Waals surface area contributed by atoms with Crippen molar-refractivity contribution in [3.8, 4) is 0 Å². The largest absolute Gasteiger partial charge is 0.462 e. The first-order valence-corrected chi connectivity index (χ1v) is 8.46. The molecule has 0 aliphatic heterocycles. The van der Waals surface area contributed by atoms with Crippen LogP contribution in [0.5, 0.6) is 0 Å².